The van der Waals surface area contributed by atoms with Crippen molar-refractivity contribution in [2.45, 2.75) is 247 Å². The minimum Gasteiger partial charge on any atom is -0.481 e. The molecule has 2 aromatic carbocycles. The normalized spacial score (nSPS) is 18.6. The van der Waals surface area contributed by atoms with Crippen LogP contribution in [0.5, 0.6) is 0 Å². The molecule has 0 spiro atoms. The van der Waals surface area contributed by atoms with E-state index < -0.39 is 198 Å². The maximum Gasteiger partial charge on any atom is 0.326 e. The van der Waals surface area contributed by atoms with Crippen molar-refractivity contribution < 1.29 is 91.7 Å². The van der Waals surface area contributed by atoms with Gasteiger partial charge in [0.2, 0.25) is 88.6 Å². The Morgan fingerprint density at radius 2 is 0.952 bits per heavy atom. The molecular weight excluding hydrogens is 1670 g/mol. The van der Waals surface area contributed by atoms with Gasteiger partial charge in [0.1, 0.15) is 78.5 Å². The predicted octanol–water partition coefficient (Wildman–Crippen LogP) is -0.758. The highest BCUT2D eigenvalue weighted by Gasteiger charge is 2.46. The maximum absolute atomic E-state index is 15.3. The van der Waals surface area contributed by atoms with E-state index >= 15 is 9.59 Å². The van der Waals surface area contributed by atoms with E-state index in [1.54, 1.807) is 69.0 Å². The number of aromatic nitrogens is 3. The summed E-state index contributed by atoms with van der Waals surface area (Å²) < 4.78 is 0. The number of hydrogen-bond donors (Lipinski definition) is 17. The summed E-state index contributed by atoms with van der Waals surface area (Å²) in [6.07, 6.45) is 9.42. The number of nitrogens with one attached hydrogen (secondary N) is 12. The fourth-order valence-corrected chi connectivity index (χ4v) is 17.2. The van der Waals surface area contributed by atoms with Gasteiger partial charge in [-0.1, -0.05) is 76.2 Å². The number of carbonyl (C=O) groups excluding carboxylic acids is 15. The number of nitrogens with two attached hydrogens (primary N) is 3. The first-order chi connectivity index (χ1) is 60.2. The number of fused-ring (bicyclic) bond motifs is 1. The Bertz CT molecular complexity index is 4440. The van der Waals surface area contributed by atoms with Crippen LogP contribution in [0.3, 0.4) is 0 Å². The molecule has 0 radical (unpaired) electrons. The van der Waals surface area contributed by atoms with E-state index in [1.165, 1.54) is 50.7 Å². The molecule has 4 aromatic rings. The largest absolute Gasteiger partial charge is 0.481 e. The highest BCUT2D eigenvalue weighted by molar-refractivity contribution is 7.98. The number of unbranched alkanes of at least 4 members (excludes halogenated alkanes) is 1. The van der Waals surface area contributed by atoms with Crippen LogP contribution in [0.4, 0.5) is 0 Å². The number of aliphatic carboxylic acids is 2. The molecule has 0 saturated carbocycles. The zero-order chi connectivity index (χ0) is 91.8. The van der Waals surface area contributed by atoms with Gasteiger partial charge >= 0.3 is 11.9 Å². The second kappa shape index (κ2) is 49.6. The average Bonchev–Trinajstić information content (AvgIpc) is 1.64. The van der Waals surface area contributed by atoms with Gasteiger partial charge in [-0.3, -0.25) is 76.7 Å². The number of hydrogen-bond acceptors (Lipinski definition) is 22. The number of H-pyrrole nitrogens is 2. The summed E-state index contributed by atoms with van der Waals surface area (Å²) in [6, 6.07) is -2.16. The molecule has 2 aromatic heterocycles. The van der Waals surface area contributed by atoms with Crippen molar-refractivity contribution in [2.24, 2.45) is 29.0 Å². The van der Waals surface area contributed by atoms with E-state index in [1.807, 2.05) is 32.0 Å². The molecule has 4 fully saturated rings. The fourth-order valence-electron chi connectivity index (χ4n) is 16.3. The van der Waals surface area contributed by atoms with Gasteiger partial charge in [0.05, 0.1) is 25.3 Å². The van der Waals surface area contributed by atoms with Gasteiger partial charge in [0.25, 0.3) is 0 Å². The van der Waals surface area contributed by atoms with Crippen LogP contribution in [0.2, 0.25) is 0 Å². The van der Waals surface area contributed by atoms with Crippen molar-refractivity contribution in [2.75, 3.05) is 63.3 Å². The molecule has 39 nitrogen and oxygen atoms in total. The van der Waals surface area contributed by atoms with Crippen LogP contribution in [0, 0.1) is 11.8 Å². The molecule has 690 valence electrons. The first-order valence-corrected chi connectivity index (χ1v) is 45.9. The first kappa shape index (κ1) is 100. The number of para-hydroxylation sites is 1. The summed E-state index contributed by atoms with van der Waals surface area (Å²) in [5.74, 6) is -13.9. The Morgan fingerprint density at radius 1 is 0.492 bits per heavy atom. The molecule has 0 aliphatic carbocycles. The third-order valence-corrected chi connectivity index (χ3v) is 24.0. The van der Waals surface area contributed by atoms with Gasteiger partial charge in [0, 0.05) is 80.9 Å². The first-order valence-electron chi connectivity index (χ1n) is 43.1. The number of likely N-dealkylation sites (tertiary alicyclic amines) is 4. The van der Waals surface area contributed by atoms with Gasteiger partial charge in [-0.15, -0.1) is 0 Å². The number of primary amides is 1. The van der Waals surface area contributed by atoms with Gasteiger partial charge in [0.15, 0.2) is 0 Å². The van der Waals surface area contributed by atoms with E-state index in [0.717, 1.165) is 4.90 Å². The molecule has 4 saturated heterocycles. The Morgan fingerprint density at radius 3 is 1.48 bits per heavy atom. The van der Waals surface area contributed by atoms with Gasteiger partial charge in [-0.25, -0.2) is 9.78 Å². The number of amides is 15. The summed E-state index contributed by atoms with van der Waals surface area (Å²) in [5.41, 5.74) is 19.7. The van der Waals surface area contributed by atoms with Crippen molar-refractivity contribution in [3.8, 4) is 0 Å². The zero-order valence-corrected chi connectivity index (χ0v) is 73.9. The lowest BCUT2D eigenvalue weighted by molar-refractivity contribution is -0.149. The lowest BCUT2D eigenvalue weighted by atomic mass is 10.00. The van der Waals surface area contributed by atoms with Crippen LogP contribution in [0.1, 0.15) is 160 Å². The van der Waals surface area contributed by atoms with Crippen LogP contribution >= 0.6 is 23.5 Å². The number of aromatic amines is 2. The van der Waals surface area contributed by atoms with E-state index in [9.17, 15) is 82.1 Å². The quantitative estimate of drug-likeness (QED) is 0.0242. The van der Waals surface area contributed by atoms with E-state index in [2.05, 4.69) is 68.1 Å². The second-order valence-corrected chi connectivity index (χ2v) is 35.2. The van der Waals surface area contributed by atoms with Crippen LogP contribution in [0.25, 0.3) is 10.9 Å². The standard InChI is InChI=1S/C85H124N20O19S2/c1-48(2)38-59(97-77(115)61(42-52-45-89-47-92-52)99-79(117)67-25-16-34-104(67)84(122)64(43-71(108)109)101-80(118)66-24-15-32-102(66)81(119)54(87)27-28-69(88)106)75(113)96-57(29-36-125-5)73(111)95-58(30-37-126-6)74(112)98-60(41-51-44-90-55-21-11-10-20-53(51)55)76(114)94-56(22-12-13-31-86)72(110)100-62(39-49(3)4)82(120)103-33-14-23-65(103)78(116)91-46-70(107)93-63(40-50-18-8-7-9-19-50)83(121)105-35-17-26-68(105)85(123)124/h7-11,18-21,44-45,47-49,54,56-68,90H,12-17,22-43,46,86-87H2,1-6H3,(H2,88,106)(H,89,92)(H,91,116)(H,93,107)(H,94,114)(H,95,111)(H,96,113)(H,97,115)(H,98,112)(H,99,117)(H,100,110)(H,101,118)(H,108,109)(H,123,124)/t54-,56-,57-,58-,59-,60-,61-,62-,63-,64-,65-,66-,67-,68-/m0/s1. The zero-order valence-electron chi connectivity index (χ0n) is 72.3. The lowest BCUT2D eigenvalue weighted by Gasteiger charge is -2.31. The Labute approximate surface area is 740 Å². The summed E-state index contributed by atoms with van der Waals surface area (Å²) in [4.78, 5) is 254. The molecule has 0 unspecified atom stereocenters. The molecule has 20 N–H and O–H groups in total. The molecule has 15 amide bonds. The van der Waals surface area contributed by atoms with Gasteiger partial charge in [-0.2, -0.15) is 23.5 Å². The number of imidazole rings is 1. The second-order valence-electron chi connectivity index (χ2n) is 33.3. The van der Waals surface area contributed by atoms with Crippen molar-refractivity contribution in [1.29, 1.82) is 0 Å². The Kier molecular flexibility index (Phi) is 39.5. The van der Waals surface area contributed by atoms with Crippen LogP contribution < -0.4 is 70.4 Å². The summed E-state index contributed by atoms with van der Waals surface area (Å²) in [7, 11) is 0. The minimum atomic E-state index is -1.72. The van der Waals surface area contributed by atoms with Crippen molar-refractivity contribution in [1.82, 2.24) is 87.7 Å². The number of carbonyl (C=O) groups is 17. The predicted molar refractivity (Wildman–Crippen MR) is 468 cm³/mol. The van der Waals surface area contributed by atoms with Gasteiger partial charge < -0.3 is 110 Å². The topological polar surface area (TPSA) is 586 Å². The van der Waals surface area contributed by atoms with E-state index in [-0.39, 0.29) is 141 Å². The number of benzene rings is 2. The number of carboxylic acids is 2. The van der Waals surface area contributed by atoms with Crippen molar-refractivity contribution in [3.05, 3.63) is 90.1 Å². The summed E-state index contributed by atoms with van der Waals surface area (Å²) in [5, 5.41) is 48.2. The fraction of sp³-hybridized carbons (Fsp3) is 0.600. The monoisotopic (exact) mass is 1790 g/mol. The molecule has 8 rings (SSSR count). The Balaban J connectivity index is 0.959. The maximum atomic E-state index is 15.3. The smallest absolute Gasteiger partial charge is 0.326 e. The molecule has 14 atom stereocenters. The minimum absolute atomic E-state index is 0.00441. The van der Waals surface area contributed by atoms with Crippen molar-refractivity contribution in [3.63, 3.8) is 0 Å². The molecule has 6 heterocycles. The third kappa shape index (κ3) is 29.5. The highest BCUT2D eigenvalue weighted by atomic mass is 32.2. The van der Waals surface area contributed by atoms with E-state index in [0.29, 0.717) is 71.3 Å². The molecule has 41 heteroatoms. The SMILES string of the molecule is CSCC[C@H](NC(=O)[C@H](CCSC)NC(=O)[C@H](CC(C)C)NC(=O)[C@H](Cc1cnc[nH]1)NC(=O)[C@@H]1CCCN1C(=O)[C@H](CC(=O)O)NC(=O)[C@@H]1CCCN1C(=O)[C@@H](N)CCC(N)=O)C(=O)N[C@@H](Cc1c[nH]c2ccccc12)C(=O)N[C@@H](CCCCN)C(=O)N[C@@H](CC(C)C)C(=O)N1CCC[C@H]1C(=O)NCC(=O)N[C@@H](Cc1ccccc1)C(=O)N1CCC[C@H]1C(=O)O. The molecule has 0 bridgehead atoms. The van der Waals surface area contributed by atoms with Crippen LogP contribution in [-0.2, 0) is 101 Å². The Hall–Kier alpha value is -11.2. The molecular formula is C85H124N20O19S2. The molecule has 4 aliphatic heterocycles. The van der Waals surface area contributed by atoms with Gasteiger partial charge in [-0.05, 0) is 162 Å². The van der Waals surface area contributed by atoms with Crippen LogP contribution in [0.15, 0.2) is 73.3 Å². The van der Waals surface area contributed by atoms with Crippen molar-refractivity contribution >= 4 is 135 Å². The van der Waals surface area contributed by atoms with E-state index in [4.69, 9.17) is 17.2 Å². The highest BCUT2D eigenvalue weighted by Crippen LogP contribution is 2.27. The number of rotatable bonds is 50. The number of thioether (sulfide) groups is 2. The third-order valence-electron chi connectivity index (χ3n) is 22.8. The average molecular weight is 1790 g/mol. The molecule has 126 heavy (non-hydrogen) atoms. The summed E-state index contributed by atoms with van der Waals surface area (Å²) in [6.45, 7) is 7.23. The molecule has 4 aliphatic rings. The number of carboxylic acid groups (broad SMARTS) is 2. The lowest BCUT2D eigenvalue weighted by Crippen LogP contribution is -2.61. The number of nitrogens with zero attached hydrogens (tertiary/aromatic N) is 5. The summed E-state index contributed by atoms with van der Waals surface area (Å²) >= 11 is 2.71. The van der Waals surface area contributed by atoms with Crippen LogP contribution in [-0.4, -0.2) is 293 Å².